The number of nitrogens with zero attached hydrogens (tertiary/aromatic N) is 2. The maximum absolute atomic E-state index is 12.9. The van der Waals surface area contributed by atoms with Crippen LogP contribution >= 0.6 is 23.4 Å². The number of amidine groups is 1. The highest BCUT2D eigenvalue weighted by Crippen LogP contribution is 2.26. The largest absolute Gasteiger partial charge is 0.265 e. The first kappa shape index (κ1) is 17.3. The second-order valence-corrected chi connectivity index (χ2v) is 8.35. The van der Waals surface area contributed by atoms with E-state index < -0.39 is 10.0 Å². The van der Waals surface area contributed by atoms with Gasteiger partial charge in [-0.3, -0.25) is 4.99 Å². The molecule has 0 unspecified atom stereocenters. The molecular weight excluding hydrogens is 371 g/mol. The molecule has 24 heavy (non-hydrogen) atoms. The number of aliphatic imine (C=N–C) groups is 1. The molecule has 0 saturated heterocycles. The smallest absolute Gasteiger partial charge is 0.260 e. The van der Waals surface area contributed by atoms with Gasteiger partial charge in [-0.15, -0.1) is 0 Å². The summed E-state index contributed by atoms with van der Waals surface area (Å²) in [7, 11) is -3.65. The van der Waals surface area contributed by atoms with E-state index in [0.29, 0.717) is 29.0 Å². The van der Waals surface area contributed by atoms with Crippen LogP contribution in [-0.4, -0.2) is 31.0 Å². The number of rotatable bonds is 4. The normalized spacial score (nSPS) is 14.8. The zero-order valence-corrected chi connectivity index (χ0v) is 14.9. The van der Waals surface area contributed by atoms with Crippen LogP contribution in [0.25, 0.3) is 0 Å². The van der Waals surface area contributed by atoms with Gasteiger partial charge >= 0.3 is 0 Å². The average Bonchev–Trinajstić information content (AvgIpc) is 3.04. The fourth-order valence-corrected chi connectivity index (χ4v) is 5.02. The second-order valence-electron chi connectivity index (χ2n) is 5.11. The molecule has 0 radical (unpaired) electrons. The summed E-state index contributed by atoms with van der Waals surface area (Å²) >= 11 is 7.14. The van der Waals surface area contributed by atoms with Gasteiger partial charge in [0.2, 0.25) is 0 Å². The molecule has 0 spiro atoms. The molecule has 126 valence electrons. The van der Waals surface area contributed by atoms with Crippen molar-refractivity contribution >= 4 is 38.6 Å². The minimum Gasteiger partial charge on any atom is -0.260 e. The van der Waals surface area contributed by atoms with Crippen molar-refractivity contribution in [3.8, 4) is 0 Å². The molecule has 0 aromatic heterocycles. The van der Waals surface area contributed by atoms with Crippen molar-refractivity contribution in [3.05, 3.63) is 64.9 Å². The molecule has 0 bridgehead atoms. The first-order valence-electron chi connectivity index (χ1n) is 7.17. The van der Waals surface area contributed by atoms with E-state index in [1.165, 1.54) is 40.3 Å². The molecule has 0 atom stereocenters. The monoisotopic (exact) mass is 384 g/mol. The Morgan fingerprint density at radius 2 is 1.79 bits per heavy atom. The number of halogens is 2. The van der Waals surface area contributed by atoms with E-state index in [0.717, 1.165) is 5.56 Å². The number of hydrogen-bond donors (Lipinski definition) is 0. The Morgan fingerprint density at radius 1 is 1.12 bits per heavy atom. The number of thioether (sulfide) groups is 1. The van der Waals surface area contributed by atoms with Crippen LogP contribution in [0.2, 0.25) is 5.02 Å². The topological polar surface area (TPSA) is 49.7 Å². The van der Waals surface area contributed by atoms with Crippen LogP contribution in [0.5, 0.6) is 0 Å². The minimum absolute atomic E-state index is 0.184. The van der Waals surface area contributed by atoms with E-state index in [1.54, 1.807) is 24.3 Å². The first-order valence-corrected chi connectivity index (χ1v) is 9.97. The molecule has 0 amide bonds. The summed E-state index contributed by atoms with van der Waals surface area (Å²) < 4.78 is 39.7. The molecule has 0 fully saturated rings. The van der Waals surface area contributed by atoms with Crippen LogP contribution in [0.4, 0.5) is 4.39 Å². The Hall–Kier alpha value is -1.57. The summed E-state index contributed by atoms with van der Waals surface area (Å²) in [5, 5.41) is 0.934. The van der Waals surface area contributed by atoms with Crippen LogP contribution in [0.15, 0.2) is 58.4 Å². The molecule has 2 aromatic carbocycles. The van der Waals surface area contributed by atoms with E-state index in [1.807, 2.05) is 0 Å². The molecule has 2 aromatic rings. The zero-order valence-electron chi connectivity index (χ0n) is 12.5. The van der Waals surface area contributed by atoms with Gasteiger partial charge in [0.25, 0.3) is 10.0 Å². The van der Waals surface area contributed by atoms with Gasteiger partial charge in [-0.25, -0.2) is 17.1 Å². The lowest BCUT2D eigenvalue weighted by Gasteiger charge is -2.19. The second kappa shape index (κ2) is 7.13. The third kappa shape index (κ3) is 3.74. The number of benzene rings is 2. The van der Waals surface area contributed by atoms with E-state index in [2.05, 4.69) is 4.99 Å². The minimum atomic E-state index is -3.65. The molecule has 1 heterocycles. The third-order valence-corrected chi connectivity index (χ3v) is 6.70. The predicted molar refractivity (Wildman–Crippen MR) is 95.3 cm³/mol. The standard InChI is InChI=1S/C16H14ClFN2O2S2/c17-13-3-7-15(8-4-13)24(21,22)20-10-9-19-16(20)23-11-12-1-5-14(18)6-2-12/h1-8H,9-11H2. The Balaban J connectivity index is 1.75. The van der Waals surface area contributed by atoms with E-state index in [9.17, 15) is 12.8 Å². The molecule has 8 heteroatoms. The fraction of sp³-hybridized carbons (Fsp3) is 0.188. The molecule has 0 saturated carbocycles. The summed E-state index contributed by atoms with van der Waals surface area (Å²) in [6, 6.07) is 12.2. The van der Waals surface area contributed by atoms with Crippen LogP contribution < -0.4 is 0 Å². The zero-order chi connectivity index (χ0) is 17.2. The molecule has 0 N–H and O–H groups in total. The highest BCUT2D eigenvalue weighted by Gasteiger charge is 2.30. The predicted octanol–water partition coefficient (Wildman–Crippen LogP) is 3.77. The average molecular weight is 385 g/mol. The van der Waals surface area contributed by atoms with Crippen LogP contribution in [0.3, 0.4) is 0 Å². The Bertz CT molecular complexity index is 853. The molecule has 3 rings (SSSR count). The van der Waals surface area contributed by atoms with Crippen molar-refractivity contribution in [2.24, 2.45) is 4.99 Å². The lowest BCUT2D eigenvalue weighted by Crippen LogP contribution is -2.32. The summed E-state index contributed by atoms with van der Waals surface area (Å²) in [6.07, 6.45) is 0. The Labute approximate surface area is 149 Å². The van der Waals surface area contributed by atoms with E-state index >= 15 is 0 Å². The molecule has 1 aliphatic rings. The van der Waals surface area contributed by atoms with E-state index in [4.69, 9.17) is 11.6 Å². The Kier molecular flexibility index (Phi) is 5.12. The van der Waals surface area contributed by atoms with Gasteiger partial charge in [0, 0.05) is 10.8 Å². The van der Waals surface area contributed by atoms with Gasteiger partial charge in [0.05, 0.1) is 18.0 Å². The van der Waals surface area contributed by atoms with Crippen LogP contribution in [-0.2, 0) is 15.8 Å². The molecule has 4 nitrogen and oxygen atoms in total. The van der Waals surface area contributed by atoms with Gasteiger partial charge in [-0.05, 0) is 42.0 Å². The summed E-state index contributed by atoms with van der Waals surface area (Å²) in [4.78, 5) is 4.47. The lowest BCUT2D eigenvalue weighted by atomic mass is 10.2. The van der Waals surface area contributed by atoms with Crippen molar-refractivity contribution in [2.45, 2.75) is 10.6 Å². The Morgan fingerprint density at radius 3 is 2.46 bits per heavy atom. The molecule has 1 aliphatic heterocycles. The summed E-state index contributed by atoms with van der Waals surface area (Å²) in [6.45, 7) is 0.745. The third-order valence-electron chi connectivity index (χ3n) is 3.45. The summed E-state index contributed by atoms with van der Waals surface area (Å²) in [5.41, 5.74) is 0.903. The molecule has 0 aliphatic carbocycles. The maximum Gasteiger partial charge on any atom is 0.265 e. The molecular formula is C16H14ClFN2O2S2. The van der Waals surface area contributed by atoms with Gasteiger partial charge in [0.1, 0.15) is 5.82 Å². The maximum atomic E-state index is 12.9. The van der Waals surface area contributed by atoms with Crippen LogP contribution in [0.1, 0.15) is 5.56 Å². The van der Waals surface area contributed by atoms with E-state index in [-0.39, 0.29) is 10.7 Å². The fourth-order valence-electron chi connectivity index (χ4n) is 2.21. The first-order chi connectivity index (χ1) is 11.5. The van der Waals surface area contributed by atoms with Gasteiger partial charge in [0.15, 0.2) is 5.17 Å². The summed E-state index contributed by atoms with van der Waals surface area (Å²) in [5.74, 6) is 0.222. The van der Waals surface area contributed by atoms with Gasteiger partial charge in [-0.1, -0.05) is 35.5 Å². The van der Waals surface area contributed by atoms with Crippen molar-refractivity contribution in [1.82, 2.24) is 4.31 Å². The SMILES string of the molecule is O=S(=O)(c1ccc(Cl)cc1)N1CCN=C1SCc1ccc(F)cc1. The number of sulfonamides is 1. The lowest BCUT2D eigenvalue weighted by molar-refractivity contribution is 0.540. The van der Waals surface area contributed by atoms with Crippen LogP contribution in [0, 0.1) is 5.82 Å². The van der Waals surface area contributed by atoms with Crippen molar-refractivity contribution in [1.29, 1.82) is 0 Å². The van der Waals surface area contributed by atoms with Gasteiger partial charge < -0.3 is 0 Å². The highest BCUT2D eigenvalue weighted by molar-refractivity contribution is 8.14. The van der Waals surface area contributed by atoms with Crippen molar-refractivity contribution in [3.63, 3.8) is 0 Å². The van der Waals surface area contributed by atoms with Crippen molar-refractivity contribution in [2.75, 3.05) is 13.1 Å². The number of hydrogen-bond acceptors (Lipinski definition) is 4. The highest BCUT2D eigenvalue weighted by atomic mass is 35.5. The van der Waals surface area contributed by atoms with Crippen molar-refractivity contribution < 1.29 is 12.8 Å². The van der Waals surface area contributed by atoms with Gasteiger partial charge in [-0.2, -0.15) is 0 Å². The quantitative estimate of drug-likeness (QED) is 0.806.